The highest BCUT2D eigenvalue weighted by Crippen LogP contribution is 2.19. The molecule has 0 aliphatic heterocycles. The van der Waals surface area contributed by atoms with Crippen molar-refractivity contribution in [3.8, 4) is 0 Å². The van der Waals surface area contributed by atoms with E-state index in [1.54, 1.807) is 16.7 Å². The van der Waals surface area contributed by atoms with Gasteiger partial charge in [0.15, 0.2) is 11.5 Å². The maximum Gasteiger partial charge on any atom is 0.262 e. The van der Waals surface area contributed by atoms with Crippen LogP contribution in [0.1, 0.15) is 16.2 Å². The normalized spacial score (nSPS) is 11.4. The smallest absolute Gasteiger partial charge is 0.262 e. The van der Waals surface area contributed by atoms with Gasteiger partial charge in [-0.25, -0.2) is 12.8 Å². The summed E-state index contributed by atoms with van der Waals surface area (Å²) in [5.74, 6) is -0.648. The zero-order valence-corrected chi connectivity index (χ0v) is 16.3. The molecule has 1 amide bonds. The van der Waals surface area contributed by atoms with Crippen LogP contribution in [0.2, 0.25) is 0 Å². The number of amides is 1. The lowest BCUT2D eigenvalue weighted by atomic mass is 10.2. The Balaban J connectivity index is 1.51. The van der Waals surface area contributed by atoms with Crippen LogP contribution in [0.5, 0.6) is 0 Å². The number of benzene rings is 2. The second kappa shape index (κ2) is 7.91. The molecule has 152 valence electrons. The van der Waals surface area contributed by atoms with E-state index in [1.807, 2.05) is 12.1 Å². The number of aromatic nitrogens is 3. The van der Waals surface area contributed by atoms with Crippen molar-refractivity contribution < 1.29 is 17.6 Å². The Labute approximate surface area is 171 Å². The SMILES string of the molecule is O=C(NCc1nnc2ccccn12)c1cccc(S(=O)(=O)Nc2ccccc2F)c1. The first-order valence-corrected chi connectivity index (χ1v) is 10.4. The number of hydrogen-bond acceptors (Lipinski definition) is 5. The van der Waals surface area contributed by atoms with Crippen LogP contribution in [0.15, 0.2) is 77.8 Å². The average molecular weight is 425 g/mol. The molecule has 0 unspecified atom stereocenters. The van der Waals surface area contributed by atoms with E-state index in [0.717, 1.165) is 6.07 Å². The quantitative estimate of drug-likeness (QED) is 0.494. The highest BCUT2D eigenvalue weighted by molar-refractivity contribution is 7.92. The second-order valence-electron chi connectivity index (χ2n) is 6.34. The van der Waals surface area contributed by atoms with Crippen molar-refractivity contribution in [2.24, 2.45) is 0 Å². The molecule has 0 saturated carbocycles. The number of pyridine rings is 1. The van der Waals surface area contributed by atoms with Crippen molar-refractivity contribution in [1.82, 2.24) is 19.9 Å². The molecule has 2 N–H and O–H groups in total. The number of hydrogen-bond donors (Lipinski definition) is 2. The number of sulfonamides is 1. The summed E-state index contributed by atoms with van der Waals surface area (Å²) in [5.41, 5.74) is 0.611. The van der Waals surface area contributed by atoms with E-state index < -0.39 is 21.7 Å². The van der Waals surface area contributed by atoms with Gasteiger partial charge in [0.05, 0.1) is 17.1 Å². The average Bonchev–Trinajstić information content (AvgIpc) is 3.17. The monoisotopic (exact) mass is 425 g/mol. The van der Waals surface area contributed by atoms with Crippen LogP contribution < -0.4 is 10.0 Å². The van der Waals surface area contributed by atoms with Gasteiger partial charge in [-0.2, -0.15) is 0 Å². The van der Waals surface area contributed by atoms with E-state index in [1.165, 1.54) is 42.5 Å². The molecular formula is C20H16FN5O3S. The summed E-state index contributed by atoms with van der Waals surface area (Å²) in [7, 11) is -4.08. The molecular weight excluding hydrogens is 409 g/mol. The minimum atomic E-state index is -4.08. The summed E-state index contributed by atoms with van der Waals surface area (Å²) in [4.78, 5) is 12.4. The third kappa shape index (κ3) is 3.98. The first kappa shape index (κ1) is 19.5. The van der Waals surface area contributed by atoms with E-state index in [2.05, 4.69) is 20.2 Å². The number of nitrogens with zero attached hydrogens (tertiary/aromatic N) is 3. The Hall–Kier alpha value is -3.79. The molecule has 2 aromatic carbocycles. The third-order valence-corrected chi connectivity index (χ3v) is 5.68. The Kier molecular flexibility index (Phi) is 5.15. The number of carbonyl (C=O) groups excluding carboxylic acids is 1. The molecule has 0 atom stereocenters. The molecule has 0 radical (unpaired) electrons. The maximum absolute atomic E-state index is 13.8. The van der Waals surface area contributed by atoms with E-state index in [9.17, 15) is 17.6 Å². The summed E-state index contributed by atoms with van der Waals surface area (Å²) in [6.07, 6.45) is 1.78. The summed E-state index contributed by atoms with van der Waals surface area (Å²) < 4.78 is 42.9. The van der Waals surface area contributed by atoms with Gasteiger partial charge in [-0.15, -0.1) is 10.2 Å². The van der Waals surface area contributed by atoms with Gasteiger partial charge in [0.1, 0.15) is 5.82 Å². The van der Waals surface area contributed by atoms with Crippen molar-refractivity contribution >= 4 is 27.3 Å². The molecule has 10 heteroatoms. The minimum Gasteiger partial charge on any atom is -0.345 e. The van der Waals surface area contributed by atoms with Crippen molar-refractivity contribution in [3.63, 3.8) is 0 Å². The van der Waals surface area contributed by atoms with Crippen LogP contribution in [0.25, 0.3) is 5.65 Å². The Morgan fingerprint density at radius 3 is 2.63 bits per heavy atom. The summed E-state index contributed by atoms with van der Waals surface area (Å²) in [6.45, 7) is 0.106. The number of rotatable bonds is 6. The van der Waals surface area contributed by atoms with E-state index >= 15 is 0 Å². The molecule has 8 nitrogen and oxygen atoms in total. The molecule has 0 saturated heterocycles. The number of halogens is 1. The summed E-state index contributed by atoms with van der Waals surface area (Å²) in [5, 5.41) is 10.7. The van der Waals surface area contributed by atoms with Gasteiger partial charge in [-0.1, -0.05) is 24.3 Å². The fourth-order valence-corrected chi connectivity index (χ4v) is 3.94. The van der Waals surface area contributed by atoms with Crippen molar-refractivity contribution in [2.75, 3.05) is 4.72 Å². The van der Waals surface area contributed by atoms with Gasteiger partial charge < -0.3 is 5.32 Å². The maximum atomic E-state index is 13.8. The first-order valence-electron chi connectivity index (χ1n) is 8.88. The van der Waals surface area contributed by atoms with E-state index in [4.69, 9.17) is 0 Å². The lowest BCUT2D eigenvalue weighted by Gasteiger charge is -2.10. The predicted octanol–water partition coefficient (Wildman–Crippen LogP) is 2.60. The second-order valence-corrected chi connectivity index (χ2v) is 8.02. The molecule has 0 aliphatic carbocycles. The minimum absolute atomic E-state index is 0.106. The molecule has 2 aromatic heterocycles. The molecule has 2 heterocycles. The number of carbonyl (C=O) groups is 1. The van der Waals surface area contributed by atoms with E-state index in [-0.39, 0.29) is 22.7 Å². The van der Waals surface area contributed by atoms with Crippen LogP contribution in [0, 0.1) is 5.82 Å². The molecule has 4 rings (SSSR count). The zero-order chi connectivity index (χ0) is 21.1. The van der Waals surface area contributed by atoms with Gasteiger partial charge in [0.25, 0.3) is 15.9 Å². The van der Waals surface area contributed by atoms with Crippen LogP contribution in [0.4, 0.5) is 10.1 Å². The van der Waals surface area contributed by atoms with Crippen LogP contribution in [-0.2, 0) is 16.6 Å². The lowest BCUT2D eigenvalue weighted by molar-refractivity contribution is 0.0949. The number of para-hydroxylation sites is 1. The van der Waals surface area contributed by atoms with E-state index in [0.29, 0.717) is 11.5 Å². The molecule has 0 bridgehead atoms. The van der Waals surface area contributed by atoms with Gasteiger partial charge in [-0.3, -0.25) is 13.9 Å². The van der Waals surface area contributed by atoms with Crippen LogP contribution in [0.3, 0.4) is 0 Å². The lowest BCUT2D eigenvalue weighted by Crippen LogP contribution is -2.24. The van der Waals surface area contributed by atoms with Crippen molar-refractivity contribution in [2.45, 2.75) is 11.4 Å². The predicted molar refractivity (Wildman–Crippen MR) is 108 cm³/mol. The number of fused-ring (bicyclic) bond motifs is 1. The molecule has 4 aromatic rings. The summed E-state index contributed by atoms with van der Waals surface area (Å²) in [6, 6.07) is 16.3. The molecule has 0 spiro atoms. The highest BCUT2D eigenvalue weighted by atomic mass is 32.2. The van der Waals surface area contributed by atoms with Gasteiger partial charge in [-0.05, 0) is 42.5 Å². The Morgan fingerprint density at radius 2 is 1.80 bits per heavy atom. The van der Waals surface area contributed by atoms with Gasteiger partial charge in [0, 0.05) is 11.8 Å². The molecule has 0 fully saturated rings. The molecule has 0 aliphatic rings. The largest absolute Gasteiger partial charge is 0.345 e. The topological polar surface area (TPSA) is 105 Å². The fraction of sp³-hybridized carbons (Fsp3) is 0.0500. The van der Waals surface area contributed by atoms with Gasteiger partial charge >= 0.3 is 0 Å². The van der Waals surface area contributed by atoms with Gasteiger partial charge in [0.2, 0.25) is 0 Å². The number of nitrogens with one attached hydrogen (secondary N) is 2. The fourth-order valence-electron chi connectivity index (χ4n) is 2.83. The third-order valence-electron chi connectivity index (χ3n) is 4.32. The van der Waals surface area contributed by atoms with Crippen molar-refractivity contribution in [1.29, 1.82) is 0 Å². The molecule has 30 heavy (non-hydrogen) atoms. The number of anilines is 1. The first-order chi connectivity index (χ1) is 14.4. The Morgan fingerprint density at radius 1 is 1.00 bits per heavy atom. The zero-order valence-electron chi connectivity index (χ0n) is 15.5. The van der Waals surface area contributed by atoms with Crippen LogP contribution >= 0.6 is 0 Å². The Bertz CT molecular complexity index is 1340. The summed E-state index contributed by atoms with van der Waals surface area (Å²) >= 11 is 0. The highest BCUT2D eigenvalue weighted by Gasteiger charge is 2.18. The van der Waals surface area contributed by atoms with Crippen LogP contribution in [-0.4, -0.2) is 28.9 Å². The standard InChI is InChI=1S/C20H16FN5O3S/c21-16-8-1-2-9-17(16)25-30(28,29)15-7-5-6-14(12-15)20(27)22-13-19-24-23-18-10-3-4-11-26(18)19/h1-12,25H,13H2,(H,22,27). The van der Waals surface area contributed by atoms with Crippen molar-refractivity contribution in [3.05, 3.63) is 90.1 Å².